The summed E-state index contributed by atoms with van der Waals surface area (Å²) >= 11 is 0. The van der Waals surface area contributed by atoms with Crippen LogP contribution in [0.5, 0.6) is 0 Å². The van der Waals surface area contributed by atoms with Crippen LogP contribution in [0.25, 0.3) is 0 Å². The molecule has 1 aromatic rings. The number of alkyl halides is 3. The average Bonchev–Trinajstić information content (AvgIpc) is 2.73. The van der Waals surface area contributed by atoms with Crippen LogP contribution in [0, 0.1) is 0 Å². The summed E-state index contributed by atoms with van der Waals surface area (Å²) in [7, 11) is 0. The summed E-state index contributed by atoms with van der Waals surface area (Å²) in [5, 5.41) is 4.77. The third-order valence-corrected chi connectivity index (χ3v) is 2.66. The second-order valence-electron chi connectivity index (χ2n) is 4.27. The van der Waals surface area contributed by atoms with Gasteiger partial charge in [0.2, 0.25) is 5.91 Å². The van der Waals surface area contributed by atoms with Gasteiger partial charge in [-0.1, -0.05) is 6.07 Å². The predicted molar refractivity (Wildman–Crippen MR) is 66.5 cm³/mol. The van der Waals surface area contributed by atoms with Gasteiger partial charge in [0.1, 0.15) is 6.42 Å². The van der Waals surface area contributed by atoms with Gasteiger partial charge in [0.15, 0.2) is 0 Å². The van der Waals surface area contributed by atoms with Crippen molar-refractivity contribution >= 4 is 23.3 Å². The number of amides is 3. The standard InChI is InChI=1S/C12H12F3N3O2/c13-12(14,15)7-10(19)17-8-2-1-3-9(6-8)18-5-4-16-11(18)20/h1-3,6H,4-5,7H2,(H,16,20)(H,17,19). The van der Waals surface area contributed by atoms with Crippen molar-refractivity contribution in [1.82, 2.24) is 5.32 Å². The van der Waals surface area contributed by atoms with Gasteiger partial charge < -0.3 is 10.6 Å². The number of nitrogens with zero attached hydrogens (tertiary/aromatic N) is 1. The van der Waals surface area contributed by atoms with Gasteiger partial charge in [0, 0.05) is 24.5 Å². The molecule has 2 rings (SSSR count). The number of carbonyl (C=O) groups excluding carboxylic acids is 2. The second kappa shape index (κ2) is 5.40. The minimum Gasteiger partial charge on any atom is -0.336 e. The fourth-order valence-electron chi connectivity index (χ4n) is 1.86. The number of nitrogens with one attached hydrogen (secondary N) is 2. The van der Waals surface area contributed by atoms with E-state index in [1.807, 2.05) is 0 Å². The highest BCUT2D eigenvalue weighted by atomic mass is 19.4. The molecule has 0 saturated carbocycles. The van der Waals surface area contributed by atoms with Gasteiger partial charge in [-0.05, 0) is 18.2 Å². The third kappa shape index (κ3) is 3.62. The topological polar surface area (TPSA) is 61.4 Å². The maximum Gasteiger partial charge on any atom is 0.397 e. The number of urea groups is 1. The molecule has 0 aromatic heterocycles. The molecule has 1 saturated heterocycles. The van der Waals surface area contributed by atoms with Crippen molar-refractivity contribution in [3.8, 4) is 0 Å². The van der Waals surface area contributed by atoms with Crippen molar-refractivity contribution in [2.45, 2.75) is 12.6 Å². The highest BCUT2D eigenvalue weighted by Gasteiger charge is 2.31. The molecule has 1 fully saturated rings. The summed E-state index contributed by atoms with van der Waals surface area (Å²) in [6.45, 7) is 0.974. The quantitative estimate of drug-likeness (QED) is 0.894. The second-order valence-corrected chi connectivity index (χ2v) is 4.27. The number of rotatable bonds is 3. The molecule has 2 N–H and O–H groups in total. The fraction of sp³-hybridized carbons (Fsp3) is 0.333. The first-order valence-electron chi connectivity index (χ1n) is 5.87. The normalized spacial score (nSPS) is 15.2. The van der Waals surface area contributed by atoms with E-state index < -0.39 is 18.5 Å². The molecule has 1 aromatic carbocycles. The van der Waals surface area contributed by atoms with Gasteiger partial charge in [-0.3, -0.25) is 9.69 Å². The molecule has 8 heteroatoms. The van der Waals surface area contributed by atoms with Crippen LogP contribution in [0.2, 0.25) is 0 Å². The lowest BCUT2D eigenvalue weighted by Gasteiger charge is -2.15. The number of hydrogen-bond acceptors (Lipinski definition) is 2. The summed E-state index contributed by atoms with van der Waals surface area (Å²) in [6, 6.07) is 5.85. The molecule has 0 spiro atoms. The van der Waals surface area contributed by atoms with E-state index in [1.54, 1.807) is 12.1 Å². The lowest BCUT2D eigenvalue weighted by molar-refractivity contribution is -0.150. The van der Waals surface area contributed by atoms with Gasteiger partial charge in [0.05, 0.1) is 0 Å². The molecule has 3 amide bonds. The Labute approximate surface area is 112 Å². The number of hydrogen-bond donors (Lipinski definition) is 2. The molecule has 0 radical (unpaired) electrons. The van der Waals surface area contributed by atoms with Crippen LogP contribution in [0.4, 0.5) is 29.3 Å². The summed E-state index contributed by atoms with van der Waals surface area (Å²) in [6.07, 6.45) is -6.09. The van der Waals surface area contributed by atoms with Crippen LogP contribution < -0.4 is 15.5 Å². The summed E-state index contributed by atoms with van der Waals surface area (Å²) in [5.74, 6) is -1.14. The molecular formula is C12H12F3N3O2. The average molecular weight is 287 g/mol. The summed E-state index contributed by atoms with van der Waals surface area (Å²) in [4.78, 5) is 24.1. The van der Waals surface area contributed by atoms with Crippen molar-refractivity contribution in [1.29, 1.82) is 0 Å². The molecule has 0 unspecified atom stereocenters. The highest BCUT2D eigenvalue weighted by Crippen LogP contribution is 2.23. The maximum atomic E-state index is 12.1. The van der Waals surface area contributed by atoms with Crippen LogP contribution >= 0.6 is 0 Å². The monoisotopic (exact) mass is 287 g/mol. The van der Waals surface area contributed by atoms with Crippen LogP contribution in [-0.4, -0.2) is 31.2 Å². The van der Waals surface area contributed by atoms with E-state index in [0.29, 0.717) is 18.8 Å². The van der Waals surface area contributed by atoms with E-state index in [4.69, 9.17) is 0 Å². The van der Waals surface area contributed by atoms with Crippen LogP contribution in [0.3, 0.4) is 0 Å². The Bertz CT molecular complexity index is 531. The SMILES string of the molecule is O=C(CC(F)(F)F)Nc1cccc(N2CCNC2=O)c1. The van der Waals surface area contributed by atoms with Crippen molar-refractivity contribution < 1.29 is 22.8 Å². The van der Waals surface area contributed by atoms with Crippen LogP contribution in [-0.2, 0) is 4.79 Å². The molecule has 108 valence electrons. The summed E-state index contributed by atoms with van der Waals surface area (Å²) < 4.78 is 36.2. The number of anilines is 2. The molecule has 20 heavy (non-hydrogen) atoms. The van der Waals surface area contributed by atoms with Crippen LogP contribution in [0.1, 0.15) is 6.42 Å². The van der Waals surface area contributed by atoms with Crippen molar-refractivity contribution in [2.75, 3.05) is 23.3 Å². The Balaban J connectivity index is 2.06. The molecule has 1 aliphatic rings. The Hall–Kier alpha value is -2.25. The lowest BCUT2D eigenvalue weighted by Crippen LogP contribution is -2.27. The number of carbonyl (C=O) groups is 2. The van der Waals surface area contributed by atoms with Gasteiger partial charge in [-0.25, -0.2) is 4.79 Å². The Morgan fingerprint density at radius 2 is 2.15 bits per heavy atom. The van der Waals surface area contributed by atoms with Gasteiger partial charge in [-0.2, -0.15) is 13.2 Å². The van der Waals surface area contributed by atoms with E-state index in [2.05, 4.69) is 10.6 Å². The molecule has 5 nitrogen and oxygen atoms in total. The smallest absolute Gasteiger partial charge is 0.336 e. The zero-order valence-corrected chi connectivity index (χ0v) is 10.3. The van der Waals surface area contributed by atoms with E-state index >= 15 is 0 Å². The fourth-order valence-corrected chi connectivity index (χ4v) is 1.86. The maximum absolute atomic E-state index is 12.1. The van der Waals surface area contributed by atoms with Crippen molar-refractivity contribution in [2.24, 2.45) is 0 Å². The minimum absolute atomic E-state index is 0.219. The predicted octanol–water partition coefficient (Wildman–Crippen LogP) is 2.11. The largest absolute Gasteiger partial charge is 0.397 e. The first-order valence-corrected chi connectivity index (χ1v) is 5.87. The van der Waals surface area contributed by atoms with Gasteiger partial charge >= 0.3 is 12.2 Å². The van der Waals surface area contributed by atoms with Gasteiger partial charge in [0.25, 0.3) is 0 Å². The zero-order chi connectivity index (χ0) is 14.8. The van der Waals surface area contributed by atoms with Crippen LogP contribution in [0.15, 0.2) is 24.3 Å². The molecule has 1 heterocycles. The zero-order valence-electron chi connectivity index (χ0n) is 10.3. The Morgan fingerprint density at radius 1 is 1.40 bits per heavy atom. The van der Waals surface area contributed by atoms with E-state index in [-0.39, 0.29) is 11.7 Å². The molecule has 0 bridgehead atoms. The van der Waals surface area contributed by atoms with E-state index in [9.17, 15) is 22.8 Å². The van der Waals surface area contributed by atoms with Crippen molar-refractivity contribution in [3.63, 3.8) is 0 Å². The molecule has 0 aliphatic carbocycles. The highest BCUT2D eigenvalue weighted by molar-refractivity contribution is 5.96. The first kappa shape index (κ1) is 14.2. The summed E-state index contributed by atoms with van der Waals surface area (Å²) in [5.41, 5.74) is 0.737. The van der Waals surface area contributed by atoms with Crippen molar-refractivity contribution in [3.05, 3.63) is 24.3 Å². The van der Waals surface area contributed by atoms with Gasteiger partial charge in [-0.15, -0.1) is 0 Å². The third-order valence-electron chi connectivity index (χ3n) is 2.66. The van der Waals surface area contributed by atoms with E-state index in [0.717, 1.165) is 0 Å². The number of benzene rings is 1. The molecule has 1 aliphatic heterocycles. The van der Waals surface area contributed by atoms with E-state index in [1.165, 1.54) is 17.0 Å². The Kier molecular flexibility index (Phi) is 3.82. The minimum atomic E-state index is -4.55. The first-order chi connectivity index (χ1) is 9.35. The lowest BCUT2D eigenvalue weighted by atomic mass is 10.2. The number of halogens is 3. The Morgan fingerprint density at radius 3 is 2.75 bits per heavy atom. The molecule has 0 atom stereocenters. The molecular weight excluding hydrogens is 275 g/mol.